The van der Waals surface area contributed by atoms with Crippen molar-refractivity contribution in [3.8, 4) is 0 Å². The van der Waals surface area contributed by atoms with Crippen molar-refractivity contribution in [1.29, 1.82) is 0 Å². The average Bonchev–Trinajstić information content (AvgIpc) is 2.68. The Morgan fingerprint density at radius 2 is 1.90 bits per heavy atom. The predicted molar refractivity (Wildman–Crippen MR) is 123 cm³/mol. The molecule has 0 aliphatic rings. The first-order valence-corrected chi connectivity index (χ1v) is 10.00. The molecule has 0 atom stereocenters. The number of nitrogens with one attached hydrogen (secondary N) is 2. The highest BCUT2D eigenvalue weighted by Gasteiger charge is 2.14. The highest BCUT2D eigenvalue weighted by atomic mass is 32.1. The van der Waals surface area contributed by atoms with E-state index in [2.05, 4.69) is 52.2 Å². The van der Waals surface area contributed by atoms with Gasteiger partial charge >= 0.3 is 0 Å². The molecule has 1 heterocycles. The summed E-state index contributed by atoms with van der Waals surface area (Å²) in [6.45, 7) is 6.06. The second-order valence-corrected chi connectivity index (χ2v) is 7.89. The van der Waals surface area contributed by atoms with E-state index in [4.69, 9.17) is 12.2 Å². The van der Waals surface area contributed by atoms with Gasteiger partial charge in [-0.3, -0.25) is 4.79 Å². The lowest BCUT2D eigenvalue weighted by molar-refractivity contribution is 0.323. The summed E-state index contributed by atoms with van der Waals surface area (Å²) in [7, 11) is 4.05. The van der Waals surface area contributed by atoms with Crippen LogP contribution in [0.2, 0.25) is 0 Å². The van der Waals surface area contributed by atoms with Gasteiger partial charge in [0.05, 0.1) is 17.4 Å². The van der Waals surface area contributed by atoms with E-state index in [1.54, 1.807) is 6.07 Å². The number of nitrogens with zero attached hydrogens (tertiary/aromatic N) is 3. The van der Waals surface area contributed by atoms with Gasteiger partial charge in [0.1, 0.15) is 5.82 Å². The average molecular weight is 410 g/mol. The smallest absolute Gasteiger partial charge is 0.258 e. The van der Waals surface area contributed by atoms with Crippen LogP contribution in [0.4, 0.5) is 5.69 Å². The summed E-state index contributed by atoms with van der Waals surface area (Å²) in [4.78, 5) is 24.1. The largest absolute Gasteiger partial charge is 0.340 e. The summed E-state index contributed by atoms with van der Waals surface area (Å²) in [5, 5.41) is 4.56. The van der Waals surface area contributed by atoms with Crippen LogP contribution in [0.3, 0.4) is 0 Å². The zero-order chi connectivity index (χ0) is 21.0. The van der Waals surface area contributed by atoms with Crippen molar-refractivity contribution in [2.75, 3.05) is 32.5 Å². The molecule has 152 valence electrons. The van der Waals surface area contributed by atoms with E-state index < -0.39 is 0 Å². The highest BCUT2D eigenvalue weighted by molar-refractivity contribution is 7.80. The molecule has 2 N–H and O–H groups in total. The van der Waals surface area contributed by atoms with Crippen molar-refractivity contribution in [2.24, 2.45) is 0 Å². The minimum atomic E-state index is -0.133. The molecule has 0 aliphatic heterocycles. The second-order valence-electron chi connectivity index (χ2n) is 7.50. The normalized spacial score (nSPS) is 11.1. The first-order chi connectivity index (χ1) is 13.8. The molecular formula is C22H27N5OS. The van der Waals surface area contributed by atoms with Gasteiger partial charge in [0.15, 0.2) is 5.11 Å². The maximum Gasteiger partial charge on any atom is 0.258 e. The molecule has 0 saturated carbocycles. The highest BCUT2D eigenvalue weighted by Crippen LogP contribution is 2.17. The van der Waals surface area contributed by atoms with Gasteiger partial charge in [0, 0.05) is 18.8 Å². The van der Waals surface area contributed by atoms with Gasteiger partial charge in [-0.05, 0) is 69.5 Å². The number of aromatic nitrogens is 2. The monoisotopic (exact) mass is 409 g/mol. The van der Waals surface area contributed by atoms with Gasteiger partial charge in [-0.15, -0.1) is 0 Å². The molecular weight excluding hydrogens is 382 g/mol. The van der Waals surface area contributed by atoms with Crippen molar-refractivity contribution >= 4 is 33.9 Å². The molecule has 0 aliphatic carbocycles. The van der Waals surface area contributed by atoms with Gasteiger partial charge in [-0.25, -0.2) is 4.98 Å². The molecule has 0 fully saturated rings. The molecule has 0 unspecified atom stereocenters. The molecule has 0 spiro atoms. The van der Waals surface area contributed by atoms with Crippen LogP contribution in [0.25, 0.3) is 10.9 Å². The van der Waals surface area contributed by atoms with E-state index in [-0.39, 0.29) is 5.56 Å². The Bertz CT molecular complexity index is 1080. The predicted octanol–water partition coefficient (Wildman–Crippen LogP) is 3.30. The Hall–Kier alpha value is -2.77. The number of thiocarbonyl (C=S) groups is 1. The first kappa shape index (κ1) is 21.0. The Labute approximate surface area is 176 Å². The van der Waals surface area contributed by atoms with Crippen LogP contribution in [-0.2, 0) is 6.54 Å². The Balaban J connectivity index is 1.85. The van der Waals surface area contributed by atoms with Crippen LogP contribution < -0.4 is 10.9 Å². The van der Waals surface area contributed by atoms with Crippen LogP contribution in [-0.4, -0.2) is 52.1 Å². The molecule has 1 aromatic heterocycles. The first-order valence-electron chi connectivity index (χ1n) is 9.59. The Kier molecular flexibility index (Phi) is 6.61. The van der Waals surface area contributed by atoms with Crippen LogP contribution in [0.15, 0.2) is 47.3 Å². The molecule has 6 nitrogen and oxygen atoms in total. The van der Waals surface area contributed by atoms with Crippen LogP contribution in [0.5, 0.6) is 0 Å². The number of hydrogen-bond acceptors (Lipinski definition) is 4. The summed E-state index contributed by atoms with van der Waals surface area (Å²) >= 11 is 5.72. The fraction of sp³-hybridized carbons (Fsp3) is 0.318. The number of hydrogen-bond donors (Lipinski definition) is 2. The number of likely N-dealkylation sites (N-methyl/N-ethyl adjacent to an activating group) is 1. The van der Waals surface area contributed by atoms with Crippen molar-refractivity contribution in [3.63, 3.8) is 0 Å². The molecule has 3 aromatic rings. The molecule has 0 amide bonds. The van der Waals surface area contributed by atoms with E-state index >= 15 is 0 Å². The molecule has 0 radical (unpaired) electrons. The molecule has 3 rings (SSSR count). The summed E-state index contributed by atoms with van der Waals surface area (Å²) in [6.07, 6.45) is 0. The number of aryl methyl sites for hydroxylation is 2. The van der Waals surface area contributed by atoms with E-state index in [1.807, 2.05) is 37.2 Å². The summed E-state index contributed by atoms with van der Waals surface area (Å²) < 4.78 is 0. The number of anilines is 1. The minimum absolute atomic E-state index is 0.133. The maximum atomic E-state index is 12.4. The van der Waals surface area contributed by atoms with Gasteiger partial charge in [-0.2, -0.15) is 0 Å². The number of benzene rings is 2. The number of rotatable bonds is 6. The zero-order valence-corrected chi connectivity index (χ0v) is 18.1. The number of fused-ring (bicyclic) bond motifs is 1. The summed E-state index contributed by atoms with van der Waals surface area (Å²) in [5.74, 6) is 0.595. The number of H-pyrrole nitrogens is 1. The Morgan fingerprint density at radius 3 is 2.66 bits per heavy atom. The molecule has 2 aromatic carbocycles. The molecule has 0 bridgehead atoms. The number of aromatic amines is 1. The van der Waals surface area contributed by atoms with Crippen LogP contribution >= 0.6 is 12.2 Å². The fourth-order valence-corrected chi connectivity index (χ4v) is 3.29. The molecule has 7 heteroatoms. The number of para-hydroxylation sites is 1. The Morgan fingerprint density at radius 1 is 1.14 bits per heavy atom. The topological polar surface area (TPSA) is 64.3 Å². The molecule has 29 heavy (non-hydrogen) atoms. The lowest BCUT2D eigenvalue weighted by Gasteiger charge is -2.27. The van der Waals surface area contributed by atoms with Gasteiger partial charge in [0.2, 0.25) is 0 Å². The van der Waals surface area contributed by atoms with E-state index in [9.17, 15) is 4.79 Å². The third kappa shape index (κ3) is 5.40. The third-order valence-electron chi connectivity index (χ3n) is 4.74. The zero-order valence-electron chi connectivity index (χ0n) is 17.3. The van der Waals surface area contributed by atoms with E-state index in [0.717, 1.165) is 17.8 Å². The van der Waals surface area contributed by atoms with Crippen LogP contribution in [0, 0.1) is 13.8 Å². The van der Waals surface area contributed by atoms with Gasteiger partial charge < -0.3 is 20.1 Å². The van der Waals surface area contributed by atoms with E-state index in [1.165, 1.54) is 5.56 Å². The summed E-state index contributed by atoms with van der Waals surface area (Å²) in [5.41, 5.74) is 3.84. The summed E-state index contributed by atoms with van der Waals surface area (Å²) in [6, 6.07) is 13.6. The van der Waals surface area contributed by atoms with Crippen molar-refractivity contribution in [1.82, 2.24) is 19.8 Å². The maximum absolute atomic E-state index is 12.4. The van der Waals surface area contributed by atoms with Crippen molar-refractivity contribution in [2.45, 2.75) is 20.4 Å². The lowest BCUT2D eigenvalue weighted by atomic mass is 10.1. The van der Waals surface area contributed by atoms with Crippen molar-refractivity contribution in [3.05, 3.63) is 69.8 Å². The molecule has 0 saturated heterocycles. The van der Waals surface area contributed by atoms with Gasteiger partial charge in [0.25, 0.3) is 5.56 Å². The van der Waals surface area contributed by atoms with Crippen LogP contribution in [0.1, 0.15) is 17.0 Å². The van der Waals surface area contributed by atoms with Gasteiger partial charge in [-0.1, -0.05) is 24.3 Å². The second kappa shape index (κ2) is 9.15. The lowest BCUT2D eigenvalue weighted by Crippen LogP contribution is -2.39. The SMILES string of the molecule is Cc1ccc(C)c(NC(=S)N(CCN(C)C)Cc2nc3ccccc3c(=O)[nH]2)c1. The van der Waals surface area contributed by atoms with E-state index in [0.29, 0.717) is 34.9 Å². The minimum Gasteiger partial charge on any atom is -0.340 e. The quantitative estimate of drug-likeness (QED) is 0.609. The fourth-order valence-electron chi connectivity index (χ4n) is 3.03. The van der Waals surface area contributed by atoms with Crippen molar-refractivity contribution < 1.29 is 0 Å². The standard InChI is InChI=1S/C22H27N5OS/c1-15-9-10-16(2)19(13-15)24-22(29)27(12-11-26(3)4)14-20-23-18-8-6-5-7-17(18)21(28)25-20/h5-10,13H,11-12,14H2,1-4H3,(H,24,29)(H,23,25,28). The third-order valence-corrected chi connectivity index (χ3v) is 5.10.